The Morgan fingerprint density at radius 2 is 1.00 bits per heavy atom. The minimum Gasteiger partial charge on any atom is -0.309 e. The van der Waals surface area contributed by atoms with E-state index in [2.05, 4.69) is 178 Å². The van der Waals surface area contributed by atoms with E-state index in [1.807, 2.05) is 0 Å². The van der Waals surface area contributed by atoms with E-state index in [9.17, 15) is 0 Å². The molecule has 0 N–H and O–H groups in total. The van der Waals surface area contributed by atoms with Crippen LogP contribution in [0.1, 0.15) is 93.5 Å². The number of rotatable bonds is 5. The molecule has 260 valence electrons. The van der Waals surface area contributed by atoms with Gasteiger partial charge in [0.1, 0.15) is 0 Å². The molecule has 7 aromatic rings. The van der Waals surface area contributed by atoms with Gasteiger partial charge in [0.2, 0.25) is 0 Å². The first-order valence-electron chi connectivity index (χ1n) is 19.7. The molecular weight excluding hydrogens is 639 g/mol. The molecule has 0 radical (unpaired) electrons. The Bertz CT molecular complexity index is 2550. The Balaban J connectivity index is 1.20. The van der Waals surface area contributed by atoms with E-state index in [4.69, 9.17) is 0 Å². The molecule has 10 rings (SSSR count). The summed E-state index contributed by atoms with van der Waals surface area (Å²) in [7, 11) is 0. The molecule has 0 saturated heterocycles. The van der Waals surface area contributed by atoms with Crippen molar-refractivity contribution in [3.63, 3.8) is 0 Å². The zero-order chi connectivity index (χ0) is 35.9. The van der Waals surface area contributed by atoms with Crippen molar-refractivity contribution >= 4 is 27.8 Å². The van der Waals surface area contributed by atoms with E-state index in [-0.39, 0.29) is 10.8 Å². The van der Waals surface area contributed by atoms with Crippen molar-refractivity contribution < 1.29 is 0 Å². The fourth-order valence-electron chi connectivity index (χ4n) is 10.2. The van der Waals surface area contributed by atoms with Crippen LogP contribution in [0, 0.1) is 0 Å². The maximum Gasteiger partial charge on any atom is 0.0618 e. The molecule has 7 aromatic carbocycles. The summed E-state index contributed by atoms with van der Waals surface area (Å²) < 4.78 is 0. The van der Waals surface area contributed by atoms with Gasteiger partial charge in [-0.1, -0.05) is 168 Å². The largest absolute Gasteiger partial charge is 0.309 e. The average molecular weight is 686 g/mol. The quantitative estimate of drug-likeness (QED) is 0.174. The third-order valence-corrected chi connectivity index (χ3v) is 13.1. The molecular formula is C52H47N. The first-order valence-corrected chi connectivity index (χ1v) is 19.7. The smallest absolute Gasteiger partial charge is 0.0618 e. The molecule has 0 aromatic heterocycles. The Kier molecular flexibility index (Phi) is 7.35. The van der Waals surface area contributed by atoms with Crippen LogP contribution in [0.2, 0.25) is 0 Å². The molecule has 0 heterocycles. The van der Waals surface area contributed by atoms with Crippen LogP contribution in [-0.2, 0) is 10.8 Å². The minimum absolute atomic E-state index is 0.105. The van der Waals surface area contributed by atoms with Gasteiger partial charge in [-0.15, -0.1) is 0 Å². The highest BCUT2D eigenvalue weighted by molar-refractivity contribution is 6.06. The second-order valence-corrected chi connectivity index (χ2v) is 16.8. The molecule has 1 fully saturated rings. The molecule has 0 amide bonds. The summed E-state index contributed by atoms with van der Waals surface area (Å²) in [5.74, 6) is 0.692. The van der Waals surface area contributed by atoms with Gasteiger partial charge in [-0.25, -0.2) is 0 Å². The molecule has 0 aliphatic heterocycles. The lowest BCUT2D eigenvalue weighted by Gasteiger charge is -2.32. The van der Waals surface area contributed by atoms with Crippen LogP contribution in [0.15, 0.2) is 146 Å². The lowest BCUT2D eigenvalue weighted by molar-refractivity contribution is 0.443. The molecule has 0 atom stereocenters. The van der Waals surface area contributed by atoms with Crippen molar-refractivity contribution in [1.29, 1.82) is 0 Å². The maximum atomic E-state index is 2.57. The number of fused-ring (bicyclic) bond motifs is 7. The lowest BCUT2D eigenvalue weighted by Crippen LogP contribution is -2.18. The second-order valence-electron chi connectivity index (χ2n) is 16.8. The highest BCUT2D eigenvalue weighted by atomic mass is 15.1. The Hall–Kier alpha value is -5.40. The summed E-state index contributed by atoms with van der Waals surface area (Å²) in [6.07, 6.45) is 6.74. The van der Waals surface area contributed by atoms with Gasteiger partial charge in [0.25, 0.3) is 0 Å². The first-order chi connectivity index (χ1) is 25.8. The average Bonchev–Trinajstić information content (AvgIpc) is 3.57. The topological polar surface area (TPSA) is 3.24 Å². The van der Waals surface area contributed by atoms with Crippen LogP contribution >= 0.6 is 0 Å². The Morgan fingerprint density at radius 3 is 1.72 bits per heavy atom. The fourth-order valence-corrected chi connectivity index (χ4v) is 10.2. The van der Waals surface area contributed by atoms with Crippen LogP contribution in [0.4, 0.5) is 17.1 Å². The zero-order valence-electron chi connectivity index (χ0n) is 31.4. The first kappa shape index (κ1) is 32.3. The minimum atomic E-state index is -0.111. The standard InChI is InChI=1S/C52H47N/c1-51(2)46-22-14-13-21-42(46)44-29-25-38(32-48(44)51)53(50-40-20-12-11-19-36(40)23-27-41(50)35-17-9-6-10-18-35)39-26-30-45-43-28-24-37(34-15-7-5-8-16-34)31-47(43)52(3,4)49(45)33-39/h6,9-14,17-34H,5,7-8,15-16H2,1-4H3. The fraction of sp³-hybridized carbons (Fsp3) is 0.231. The molecule has 0 spiro atoms. The molecule has 1 nitrogen and oxygen atoms in total. The van der Waals surface area contributed by atoms with Gasteiger partial charge in [-0.2, -0.15) is 0 Å². The van der Waals surface area contributed by atoms with Gasteiger partial charge in [-0.3, -0.25) is 0 Å². The molecule has 3 aliphatic carbocycles. The van der Waals surface area contributed by atoms with E-state index in [0.29, 0.717) is 5.92 Å². The monoisotopic (exact) mass is 685 g/mol. The van der Waals surface area contributed by atoms with Gasteiger partial charge in [0.05, 0.1) is 5.69 Å². The van der Waals surface area contributed by atoms with Crippen molar-refractivity contribution in [2.75, 3.05) is 4.90 Å². The van der Waals surface area contributed by atoms with Gasteiger partial charge in [-0.05, 0) is 104 Å². The van der Waals surface area contributed by atoms with Gasteiger partial charge < -0.3 is 4.90 Å². The second kappa shape index (κ2) is 12.1. The normalized spacial score (nSPS) is 16.5. The molecule has 0 bridgehead atoms. The van der Waals surface area contributed by atoms with Crippen molar-refractivity contribution in [3.05, 3.63) is 173 Å². The number of benzene rings is 7. The van der Waals surface area contributed by atoms with E-state index in [1.54, 1.807) is 0 Å². The molecule has 53 heavy (non-hydrogen) atoms. The summed E-state index contributed by atoms with van der Waals surface area (Å²) in [6, 6.07) is 55.4. The molecule has 3 aliphatic rings. The van der Waals surface area contributed by atoms with E-state index in [0.717, 1.165) is 0 Å². The Labute approximate surface area is 315 Å². The number of nitrogens with zero attached hydrogens (tertiary/aromatic N) is 1. The molecule has 0 unspecified atom stereocenters. The van der Waals surface area contributed by atoms with Gasteiger partial charge in [0, 0.05) is 33.2 Å². The lowest BCUT2D eigenvalue weighted by atomic mass is 9.79. The number of hydrogen-bond donors (Lipinski definition) is 0. The molecule has 1 heteroatoms. The van der Waals surface area contributed by atoms with Crippen molar-refractivity contribution in [2.45, 2.75) is 76.5 Å². The van der Waals surface area contributed by atoms with Crippen LogP contribution in [0.5, 0.6) is 0 Å². The van der Waals surface area contributed by atoms with Gasteiger partial charge >= 0.3 is 0 Å². The molecule has 1 saturated carbocycles. The van der Waals surface area contributed by atoms with Crippen LogP contribution in [-0.4, -0.2) is 0 Å². The summed E-state index contributed by atoms with van der Waals surface area (Å²) >= 11 is 0. The summed E-state index contributed by atoms with van der Waals surface area (Å²) in [5.41, 5.74) is 18.5. The van der Waals surface area contributed by atoms with E-state index in [1.165, 1.54) is 121 Å². The zero-order valence-corrected chi connectivity index (χ0v) is 31.4. The van der Waals surface area contributed by atoms with Crippen LogP contribution in [0.25, 0.3) is 44.2 Å². The summed E-state index contributed by atoms with van der Waals surface area (Å²) in [5, 5.41) is 2.49. The third kappa shape index (κ3) is 4.97. The summed E-state index contributed by atoms with van der Waals surface area (Å²) in [4.78, 5) is 2.57. The highest BCUT2D eigenvalue weighted by Crippen LogP contribution is 2.55. The van der Waals surface area contributed by atoms with Crippen LogP contribution < -0.4 is 4.90 Å². The van der Waals surface area contributed by atoms with E-state index >= 15 is 0 Å². The predicted octanol–water partition coefficient (Wildman–Crippen LogP) is 14.6. The predicted molar refractivity (Wildman–Crippen MR) is 225 cm³/mol. The highest BCUT2D eigenvalue weighted by Gasteiger charge is 2.38. The van der Waals surface area contributed by atoms with Crippen molar-refractivity contribution in [3.8, 4) is 33.4 Å². The summed E-state index contributed by atoms with van der Waals surface area (Å²) in [6.45, 7) is 9.66. The Morgan fingerprint density at radius 1 is 0.453 bits per heavy atom. The van der Waals surface area contributed by atoms with Gasteiger partial charge in [0.15, 0.2) is 0 Å². The maximum absolute atomic E-state index is 2.57. The van der Waals surface area contributed by atoms with E-state index < -0.39 is 0 Å². The van der Waals surface area contributed by atoms with Crippen LogP contribution in [0.3, 0.4) is 0 Å². The number of hydrogen-bond acceptors (Lipinski definition) is 1. The SMILES string of the molecule is CC1(C)c2ccccc2-c2ccc(N(c3ccc4c(c3)C(C)(C)c3cc(C5CCCCC5)ccc3-4)c3c(-c4ccccc4)ccc4ccccc34)cc21. The number of anilines is 3. The van der Waals surface area contributed by atoms with Crippen molar-refractivity contribution in [2.24, 2.45) is 0 Å². The third-order valence-electron chi connectivity index (χ3n) is 13.1. The van der Waals surface area contributed by atoms with Crippen molar-refractivity contribution in [1.82, 2.24) is 0 Å².